The molecule has 6 heteroatoms. The van der Waals surface area contributed by atoms with Crippen LogP contribution in [0.5, 0.6) is 0 Å². The maximum Gasteiger partial charge on any atom is 0.152 e. The highest BCUT2D eigenvalue weighted by atomic mass is 35.5. The van der Waals surface area contributed by atoms with Gasteiger partial charge in [0.1, 0.15) is 10.8 Å². The molecule has 2 aromatic rings. The van der Waals surface area contributed by atoms with Crippen LogP contribution in [0.4, 0.5) is 4.39 Å². The Morgan fingerprint density at radius 2 is 2.25 bits per heavy atom. The van der Waals surface area contributed by atoms with Gasteiger partial charge in [0, 0.05) is 6.54 Å². The van der Waals surface area contributed by atoms with Gasteiger partial charge in [0.15, 0.2) is 5.01 Å². The summed E-state index contributed by atoms with van der Waals surface area (Å²) in [4.78, 5) is 0. The van der Waals surface area contributed by atoms with E-state index in [1.807, 2.05) is 7.05 Å². The monoisotopic (exact) mass is 257 g/mol. The van der Waals surface area contributed by atoms with Crippen LogP contribution in [0.2, 0.25) is 5.02 Å². The molecule has 0 radical (unpaired) electrons. The van der Waals surface area contributed by atoms with Crippen molar-refractivity contribution in [3.63, 3.8) is 0 Å². The molecule has 0 saturated carbocycles. The van der Waals surface area contributed by atoms with E-state index in [0.717, 1.165) is 5.01 Å². The van der Waals surface area contributed by atoms with E-state index < -0.39 is 0 Å². The van der Waals surface area contributed by atoms with Gasteiger partial charge in [-0.05, 0) is 19.2 Å². The maximum atomic E-state index is 13.6. The van der Waals surface area contributed by atoms with E-state index in [9.17, 15) is 4.39 Å². The first-order valence-electron chi connectivity index (χ1n) is 4.63. The van der Waals surface area contributed by atoms with E-state index in [0.29, 0.717) is 22.1 Å². The third kappa shape index (κ3) is 2.21. The average Bonchev–Trinajstić information content (AvgIpc) is 2.67. The molecule has 1 aromatic heterocycles. The third-order valence-corrected chi connectivity index (χ3v) is 3.23. The van der Waals surface area contributed by atoms with E-state index in [2.05, 4.69) is 15.5 Å². The average molecular weight is 258 g/mol. The summed E-state index contributed by atoms with van der Waals surface area (Å²) >= 11 is 7.26. The maximum absolute atomic E-state index is 13.6. The van der Waals surface area contributed by atoms with Gasteiger partial charge in [0.25, 0.3) is 0 Å². The Bertz CT molecular complexity index is 480. The summed E-state index contributed by atoms with van der Waals surface area (Å²) in [5.74, 6) is -0.375. The molecule has 16 heavy (non-hydrogen) atoms. The van der Waals surface area contributed by atoms with Crippen LogP contribution in [0.1, 0.15) is 5.01 Å². The summed E-state index contributed by atoms with van der Waals surface area (Å²) in [6.45, 7) is 0.615. The third-order valence-electron chi connectivity index (χ3n) is 1.97. The second-order valence-electron chi connectivity index (χ2n) is 3.13. The zero-order valence-corrected chi connectivity index (χ0v) is 10.1. The van der Waals surface area contributed by atoms with Crippen molar-refractivity contribution in [1.82, 2.24) is 15.5 Å². The van der Waals surface area contributed by atoms with Crippen LogP contribution < -0.4 is 5.32 Å². The molecular weight excluding hydrogens is 249 g/mol. The van der Waals surface area contributed by atoms with Gasteiger partial charge in [-0.25, -0.2) is 4.39 Å². The molecule has 0 aliphatic carbocycles. The molecule has 0 saturated heterocycles. The molecule has 0 atom stereocenters. The minimum Gasteiger partial charge on any atom is -0.313 e. The molecule has 0 spiro atoms. The van der Waals surface area contributed by atoms with Crippen LogP contribution in [-0.4, -0.2) is 17.2 Å². The lowest BCUT2D eigenvalue weighted by atomic mass is 10.2. The SMILES string of the molecule is CNCc1nnc(-c2c(F)cccc2Cl)s1. The Morgan fingerprint density at radius 3 is 2.94 bits per heavy atom. The zero-order chi connectivity index (χ0) is 11.5. The molecule has 1 N–H and O–H groups in total. The highest BCUT2D eigenvalue weighted by Crippen LogP contribution is 2.32. The van der Waals surface area contributed by atoms with Gasteiger partial charge in [0.05, 0.1) is 10.6 Å². The molecule has 0 aliphatic heterocycles. The Kier molecular flexibility index (Phi) is 3.48. The van der Waals surface area contributed by atoms with E-state index in [-0.39, 0.29) is 5.82 Å². The topological polar surface area (TPSA) is 37.8 Å². The molecule has 0 aliphatic rings. The van der Waals surface area contributed by atoms with E-state index >= 15 is 0 Å². The molecule has 3 nitrogen and oxygen atoms in total. The number of nitrogens with zero attached hydrogens (tertiary/aromatic N) is 2. The van der Waals surface area contributed by atoms with Crippen LogP contribution >= 0.6 is 22.9 Å². The number of hydrogen-bond donors (Lipinski definition) is 1. The zero-order valence-electron chi connectivity index (χ0n) is 8.50. The van der Waals surface area contributed by atoms with Crippen molar-refractivity contribution in [2.24, 2.45) is 0 Å². The van der Waals surface area contributed by atoms with Gasteiger partial charge in [-0.3, -0.25) is 0 Å². The molecule has 0 fully saturated rings. The highest BCUT2D eigenvalue weighted by Gasteiger charge is 2.14. The fourth-order valence-corrected chi connectivity index (χ4v) is 2.50. The van der Waals surface area contributed by atoms with Gasteiger partial charge in [0.2, 0.25) is 0 Å². The number of nitrogens with one attached hydrogen (secondary N) is 1. The van der Waals surface area contributed by atoms with Crippen LogP contribution in [-0.2, 0) is 6.54 Å². The lowest BCUT2D eigenvalue weighted by Gasteiger charge is -2.00. The Balaban J connectivity index is 2.42. The molecule has 0 amide bonds. The summed E-state index contributed by atoms with van der Waals surface area (Å²) in [5, 5.41) is 12.5. The predicted octanol–water partition coefficient (Wildman–Crippen LogP) is 2.72. The number of aromatic nitrogens is 2. The molecule has 84 valence electrons. The van der Waals surface area contributed by atoms with Crippen molar-refractivity contribution in [2.75, 3.05) is 7.05 Å². The van der Waals surface area contributed by atoms with E-state index in [1.54, 1.807) is 12.1 Å². The summed E-state index contributed by atoms with van der Waals surface area (Å²) < 4.78 is 13.6. The van der Waals surface area contributed by atoms with Crippen molar-refractivity contribution in [2.45, 2.75) is 6.54 Å². The van der Waals surface area contributed by atoms with Crippen LogP contribution in [0.15, 0.2) is 18.2 Å². The van der Waals surface area contributed by atoms with Gasteiger partial charge < -0.3 is 5.32 Å². The largest absolute Gasteiger partial charge is 0.313 e. The molecular formula is C10H9ClFN3S. The van der Waals surface area contributed by atoms with Crippen molar-refractivity contribution in [3.8, 4) is 10.6 Å². The van der Waals surface area contributed by atoms with Crippen molar-refractivity contribution < 1.29 is 4.39 Å². The lowest BCUT2D eigenvalue weighted by Crippen LogP contribution is -2.04. The summed E-state index contributed by atoms with van der Waals surface area (Å²) in [6, 6.07) is 4.57. The van der Waals surface area contributed by atoms with Crippen LogP contribution in [0.25, 0.3) is 10.6 Å². The van der Waals surface area contributed by atoms with Gasteiger partial charge in [-0.2, -0.15) is 0 Å². The summed E-state index contributed by atoms with van der Waals surface area (Å²) in [5.41, 5.74) is 0.323. The van der Waals surface area contributed by atoms with E-state index in [4.69, 9.17) is 11.6 Å². The standard InChI is InChI=1S/C10H9ClFN3S/c1-13-5-8-14-15-10(16-8)9-6(11)3-2-4-7(9)12/h2-4,13H,5H2,1H3. The molecule has 0 bridgehead atoms. The Morgan fingerprint density at radius 1 is 1.44 bits per heavy atom. The minimum atomic E-state index is -0.375. The molecule has 1 aromatic carbocycles. The van der Waals surface area contributed by atoms with Crippen molar-refractivity contribution >= 4 is 22.9 Å². The summed E-state index contributed by atoms with van der Waals surface area (Å²) in [7, 11) is 1.82. The van der Waals surface area contributed by atoms with Gasteiger partial charge >= 0.3 is 0 Å². The minimum absolute atomic E-state index is 0.323. The number of benzene rings is 1. The van der Waals surface area contributed by atoms with Gasteiger partial charge in [-0.15, -0.1) is 10.2 Å². The lowest BCUT2D eigenvalue weighted by molar-refractivity contribution is 0.631. The van der Waals surface area contributed by atoms with Crippen molar-refractivity contribution in [1.29, 1.82) is 0 Å². The molecule has 1 heterocycles. The first-order valence-corrected chi connectivity index (χ1v) is 5.83. The predicted molar refractivity (Wildman–Crippen MR) is 63.1 cm³/mol. The van der Waals surface area contributed by atoms with E-state index in [1.165, 1.54) is 17.4 Å². The quantitative estimate of drug-likeness (QED) is 0.919. The van der Waals surface area contributed by atoms with Crippen LogP contribution in [0, 0.1) is 5.82 Å². The highest BCUT2D eigenvalue weighted by molar-refractivity contribution is 7.14. The van der Waals surface area contributed by atoms with Crippen LogP contribution in [0.3, 0.4) is 0 Å². The number of hydrogen-bond acceptors (Lipinski definition) is 4. The Labute approximate surface area is 101 Å². The number of halogens is 2. The first-order chi connectivity index (χ1) is 7.72. The smallest absolute Gasteiger partial charge is 0.152 e. The Hall–Kier alpha value is -1.04. The van der Waals surface area contributed by atoms with Crippen molar-refractivity contribution in [3.05, 3.63) is 34.0 Å². The fourth-order valence-electron chi connectivity index (χ4n) is 1.28. The molecule has 2 rings (SSSR count). The molecule has 0 unspecified atom stereocenters. The second kappa shape index (κ2) is 4.86. The number of rotatable bonds is 3. The van der Waals surface area contributed by atoms with Gasteiger partial charge in [-0.1, -0.05) is 29.0 Å². The normalized spacial score (nSPS) is 10.7. The summed E-state index contributed by atoms with van der Waals surface area (Å²) in [6.07, 6.45) is 0. The fraction of sp³-hybridized carbons (Fsp3) is 0.200. The second-order valence-corrected chi connectivity index (χ2v) is 4.60. The first kappa shape index (κ1) is 11.4.